The molecule has 0 aliphatic carbocycles. The van der Waals surface area contributed by atoms with Crippen LogP contribution in [0.4, 0.5) is 5.82 Å². The number of benzene rings is 1. The number of nitrogens with zero attached hydrogens (tertiary/aromatic N) is 3. The van der Waals surface area contributed by atoms with Crippen LogP contribution in [0.5, 0.6) is 5.75 Å². The SMILES string of the molecule is Cc1c(N2CCC(Oc3ccc4c(c3)COC4)CC2)nc2c(c1C)C(=O)N(CCO)C2. The molecule has 1 fully saturated rings. The van der Waals surface area contributed by atoms with Crippen LogP contribution in [0.15, 0.2) is 18.2 Å². The van der Waals surface area contributed by atoms with Gasteiger partial charge in [0.05, 0.1) is 37.6 Å². The van der Waals surface area contributed by atoms with Gasteiger partial charge in [0.25, 0.3) is 5.91 Å². The van der Waals surface area contributed by atoms with Crippen LogP contribution in [0, 0.1) is 13.8 Å². The molecule has 1 N–H and O–H groups in total. The molecule has 0 bridgehead atoms. The lowest BCUT2D eigenvalue weighted by molar-refractivity contribution is 0.0744. The van der Waals surface area contributed by atoms with Crippen LogP contribution in [0.25, 0.3) is 0 Å². The van der Waals surface area contributed by atoms with Gasteiger partial charge < -0.3 is 24.4 Å². The fourth-order valence-electron chi connectivity index (χ4n) is 4.86. The fourth-order valence-corrected chi connectivity index (χ4v) is 4.86. The van der Waals surface area contributed by atoms with Gasteiger partial charge in [-0.15, -0.1) is 0 Å². The Bertz CT molecular complexity index is 1010. The number of carbonyl (C=O) groups is 1. The van der Waals surface area contributed by atoms with E-state index in [0.717, 1.165) is 54.3 Å². The van der Waals surface area contributed by atoms with Gasteiger partial charge in [0, 0.05) is 32.5 Å². The Morgan fingerprint density at radius 2 is 1.94 bits per heavy atom. The van der Waals surface area contributed by atoms with Crippen LogP contribution in [0.2, 0.25) is 0 Å². The standard InChI is InChI=1S/C24H29N3O4/c1-15-16(2)23(25-21-12-27(9-10-28)24(29)22(15)21)26-7-5-19(6-8-26)31-20-4-3-17-13-30-14-18(17)11-20/h3-4,11,19,28H,5-10,12-14H2,1-2H3. The van der Waals surface area contributed by atoms with Crippen LogP contribution in [0.3, 0.4) is 0 Å². The number of hydrogen-bond acceptors (Lipinski definition) is 6. The number of aliphatic hydroxyl groups is 1. The highest BCUT2D eigenvalue weighted by Crippen LogP contribution is 2.33. The smallest absolute Gasteiger partial charge is 0.256 e. The van der Waals surface area contributed by atoms with E-state index in [-0.39, 0.29) is 18.6 Å². The molecule has 1 saturated heterocycles. The highest BCUT2D eigenvalue weighted by Gasteiger charge is 2.33. The molecule has 0 spiro atoms. The third-order valence-electron chi connectivity index (χ3n) is 6.75. The molecule has 2 aromatic rings. The topological polar surface area (TPSA) is 75.1 Å². The van der Waals surface area contributed by atoms with Gasteiger partial charge in [0.15, 0.2) is 0 Å². The first kappa shape index (κ1) is 20.3. The van der Waals surface area contributed by atoms with Crippen molar-refractivity contribution in [3.63, 3.8) is 0 Å². The Hall–Kier alpha value is -2.64. The van der Waals surface area contributed by atoms with Gasteiger partial charge in [0.2, 0.25) is 0 Å². The van der Waals surface area contributed by atoms with E-state index in [4.69, 9.17) is 14.5 Å². The van der Waals surface area contributed by atoms with E-state index >= 15 is 0 Å². The third-order valence-corrected chi connectivity index (χ3v) is 6.75. The molecule has 1 aromatic heterocycles. The molecule has 7 nitrogen and oxygen atoms in total. The zero-order valence-electron chi connectivity index (χ0n) is 18.2. The Balaban J connectivity index is 1.27. The fraction of sp³-hybridized carbons (Fsp3) is 0.500. The third kappa shape index (κ3) is 3.66. The number of hydrogen-bond donors (Lipinski definition) is 1. The summed E-state index contributed by atoms with van der Waals surface area (Å²) in [6.45, 7) is 7.97. The van der Waals surface area contributed by atoms with E-state index in [2.05, 4.69) is 24.0 Å². The van der Waals surface area contributed by atoms with Crippen molar-refractivity contribution in [2.24, 2.45) is 0 Å². The lowest BCUT2D eigenvalue weighted by atomic mass is 10.0. The number of rotatable bonds is 5. The van der Waals surface area contributed by atoms with Crippen molar-refractivity contribution in [2.75, 3.05) is 31.1 Å². The minimum atomic E-state index is -0.0324. The lowest BCUT2D eigenvalue weighted by Gasteiger charge is -2.34. The second-order valence-corrected chi connectivity index (χ2v) is 8.68. The van der Waals surface area contributed by atoms with E-state index in [1.165, 1.54) is 11.1 Å². The molecule has 0 radical (unpaired) electrons. The van der Waals surface area contributed by atoms with Crippen LogP contribution in [-0.2, 0) is 24.5 Å². The molecule has 7 heteroatoms. The number of aliphatic hydroxyl groups excluding tert-OH is 1. The number of amides is 1. The van der Waals surface area contributed by atoms with Crippen molar-refractivity contribution >= 4 is 11.7 Å². The number of fused-ring (bicyclic) bond motifs is 2. The Morgan fingerprint density at radius 1 is 1.16 bits per heavy atom. The molecule has 3 aliphatic rings. The van der Waals surface area contributed by atoms with Gasteiger partial charge in [-0.2, -0.15) is 0 Å². The van der Waals surface area contributed by atoms with E-state index in [0.29, 0.717) is 31.9 Å². The summed E-state index contributed by atoms with van der Waals surface area (Å²) in [5.74, 6) is 1.88. The van der Waals surface area contributed by atoms with E-state index < -0.39 is 0 Å². The summed E-state index contributed by atoms with van der Waals surface area (Å²) >= 11 is 0. The molecule has 0 atom stereocenters. The second-order valence-electron chi connectivity index (χ2n) is 8.68. The van der Waals surface area contributed by atoms with Crippen LogP contribution >= 0.6 is 0 Å². The highest BCUT2D eigenvalue weighted by atomic mass is 16.5. The molecule has 4 heterocycles. The number of pyridine rings is 1. The van der Waals surface area contributed by atoms with Crippen LogP contribution < -0.4 is 9.64 Å². The molecular weight excluding hydrogens is 394 g/mol. The first-order valence-electron chi connectivity index (χ1n) is 11.1. The van der Waals surface area contributed by atoms with Gasteiger partial charge in [-0.1, -0.05) is 6.07 Å². The second kappa shape index (κ2) is 8.13. The summed E-state index contributed by atoms with van der Waals surface area (Å²) in [6, 6.07) is 6.26. The maximum Gasteiger partial charge on any atom is 0.256 e. The largest absolute Gasteiger partial charge is 0.490 e. The molecule has 5 rings (SSSR count). The molecule has 0 saturated carbocycles. The summed E-state index contributed by atoms with van der Waals surface area (Å²) in [4.78, 5) is 21.6. The number of ether oxygens (including phenoxy) is 2. The lowest BCUT2D eigenvalue weighted by Crippen LogP contribution is -2.39. The highest BCUT2D eigenvalue weighted by molar-refractivity contribution is 6.00. The van der Waals surface area contributed by atoms with E-state index in [9.17, 15) is 9.90 Å². The number of anilines is 1. The molecule has 164 valence electrons. The summed E-state index contributed by atoms with van der Waals surface area (Å²) < 4.78 is 11.8. The Labute approximate surface area is 182 Å². The number of carbonyl (C=O) groups excluding carboxylic acids is 1. The molecule has 1 aromatic carbocycles. The van der Waals surface area contributed by atoms with Gasteiger partial charge >= 0.3 is 0 Å². The average Bonchev–Trinajstić information content (AvgIpc) is 3.36. The summed E-state index contributed by atoms with van der Waals surface area (Å²) in [6.07, 6.45) is 2.05. The normalized spacial score (nSPS) is 18.5. The van der Waals surface area contributed by atoms with E-state index in [1.54, 1.807) is 4.90 Å². The maximum atomic E-state index is 12.7. The predicted molar refractivity (Wildman–Crippen MR) is 116 cm³/mol. The van der Waals surface area contributed by atoms with Crippen molar-refractivity contribution in [1.82, 2.24) is 9.88 Å². The van der Waals surface area contributed by atoms with Crippen molar-refractivity contribution < 1.29 is 19.4 Å². The molecule has 3 aliphatic heterocycles. The van der Waals surface area contributed by atoms with E-state index in [1.807, 2.05) is 13.0 Å². The summed E-state index contributed by atoms with van der Waals surface area (Å²) in [7, 11) is 0. The summed E-state index contributed by atoms with van der Waals surface area (Å²) in [5.41, 5.74) is 6.10. The van der Waals surface area contributed by atoms with Crippen molar-refractivity contribution in [1.29, 1.82) is 0 Å². The van der Waals surface area contributed by atoms with Crippen molar-refractivity contribution in [3.05, 3.63) is 51.7 Å². The zero-order chi connectivity index (χ0) is 21.5. The predicted octanol–water partition coefficient (Wildman–Crippen LogP) is 2.72. The summed E-state index contributed by atoms with van der Waals surface area (Å²) in [5, 5.41) is 9.24. The minimum absolute atomic E-state index is 0.0180. The Kier molecular flexibility index (Phi) is 5.32. The zero-order valence-corrected chi connectivity index (χ0v) is 18.2. The van der Waals surface area contributed by atoms with Gasteiger partial charge in [-0.05, 0) is 48.2 Å². The van der Waals surface area contributed by atoms with Gasteiger partial charge in [-0.3, -0.25) is 4.79 Å². The van der Waals surface area contributed by atoms with Crippen molar-refractivity contribution in [2.45, 2.75) is 52.6 Å². The first-order chi connectivity index (χ1) is 15.0. The van der Waals surface area contributed by atoms with Crippen molar-refractivity contribution in [3.8, 4) is 5.75 Å². The Morgan fingerprint density at radius 3 is 2.71 bits per heavy atom. The minimum Gasteiger partial charge on any atom is -0.490 e. The molecule has 0 unspecified atom stereocenters. The first-order valence-corrected chi connectivity index (χ1v) is 11.1. The molecular formula is C24H29N3O4. The monoisotopic (exact) mass is 423 g/mol. The number of aromatic nitrogens is 1. The van der Waals surface area contributed by atoms with Crippen LogP contribution in [-0.4, -0.2) is 53.2 Å². The van der Waals surface area contributed by atoms with Gasteiger partial charge in [0.1, 0.15) is 17.7 Å². The average molecular weight is 424 g/mol. The molecule has 1 amide bonds. The maximum absolute atomic E-state index is 12.7. The molecule has 31 heavy (non-hydrogen) atoms. The van der Waals surface area contributed by atoms with Crippen LogP contribution in [0.1, 0.15) is 51.1 Å². The van der Waals surface area contributed by atoms with Gasteiger partial charge in [-0.25, -0.2) is 4.98 Å². The number of β-amino-alcohol motifs (C(OH)–C–C–N with tert-alkyl or cyclic N) is 1. The quantitative estimate of drug-likeness (QED) is 0.797. The number of piperidine rings is 1.